The Balaban J connectivity index is 2.71. The Morgan fingerprint density at radius 1 is 1.46 bits per heavy atom. The summed E-state index contributed by atoms with van der Waals surface area (Å²) in [5.41, 5.74) is 5.95. The molecular weight excluding hydrogens is 184 g/mol. The minimum Gasteiger partial charge on any atom is -0.369 e. The fourth-order valence-corrected chi connectivity index (χ4v) is 1.86. The van der Waals surface area contributed by atoms with Gasteiger partial charge in [0.1, 0.15) is 0 Å². The van der Waals surface area contributed by atoms with E-state index < -0.39 is 0 Å². The number of nitrogens with zero attached hydrogens (tertiary/aromatic N) is 1. The largest absolute Gasteiger partial charge is 0.369 e. The smallest absolute Gasteiger partial charge is 0.228 e. The average molecular weight is 196 g/mol. The van der Waals surface area contributed by atoms with Gasteiger partial charge in [-0.3, -0.25) is 4.79 Å². The highest BCUT2D eigenvalue weighted by Crippen LogP contribution is 2.10. The normalized spacial score (nSPS) is 12.7. The highest BCUT2D eigenvalue weighted by atomic mass is 32.2. The van der Waals surface area contributed by atoms with Crippen molar-refractivity contribution in [1.82, 2.24) is 0 Å². The summed E-state index contributed by atoms with van der Waals surface area (Å²) in [5, 5.41) is 0. The van der Waals surface area contributed by atoms with Gasteiger partial charge in [0, 0.05) is 0 Å². The predicted octanol–water partition coefficient (Wildman–Crippen LogP) is 1.24. The molecule has 0 heterocycles. The third kappa shape index (κ3) is 3.85. The van der Waals surface area contributed by atoms with Crippen molar-refractivity contribution in [2.75, 3.05) is 12.0 Å². The molecule has 13 heavy (non-hydrogen) atoms. The fraction of sp³-hybridized carbons (Fsp3) is 0.222. The second-order valence-corrected chi connectivity index (χ2v) is 4.31. The van der Waals surface area contributed by atoms with Gasteiger partial charge in [0.15, 0.2) is 0 Å². The molecule has 0 bridgehead atoms. The van der Waals surface area contributed by atoms with E-state index in [2.05, 4.69) is 4.36 Å². The molecule has 0 spiro atoms. The molecule has 0 radical (unpaired) electrons. The van der Waals surface area contributed by atoms with Crippen molar-refractivity contribution in [2.45, 2.75) is 0 Å². The van der Waals surface area contributed by atoms with Gasteiger partial charge in [-0.25, -0.2) is 4.36 Å². The van der Waals surface area contributed by atoms with Crippen LogP contribution in [0.5, 0.6) is 0 Å². The number of carbonyl (C=O) groups excluding carboxylic acids is 1. The van der Waals surface area contributed by atoms with Crippen LogP contribution in [0.1, 0.15) is 0 Å². The average Bonchev–Trinajstić information content (AvgIpc) is 2.04. The highest BCUT2D eigenvalue weighted by Gasteiger charge is 1.95. The van der Waals surface area contributed by atoms with Crippen molar-refractivity contribution in [3.8, 4) is 0 Å². The monoisotopic (exact) mass is 196 g/mol. The molecule has 4 heteroatoms. The molecule has 0 aromatic heterocycles. The van der Waals surface area contributed by atoms with Gasteiger partial charge in [0.25, 0.3) is 0 Å². The quantitative estimate of drug-likeness (QED) is 0.776. The summed E-state index contributed by atoms with van der Waals surface area (Å²) in [4.78, 5) is 10.6. The lowest BCUT2D eigenvalue weighted by atomic mass is 10.3. The molecule has 0 fully saturated rings. The topological polar surface area (TPSA) is 55.5 Å². The van der Waals surface area contributed by atoms with Crippen LogP contribution < -0.4 is 5.73 Å². The zero-order valence-electron chi connectivity index (χ0n) is 7.43. The van der Waals surface area contributed by atoms with E-state index in [1.54, 1.807) is 0 Å². The first-order chi connectivity index (χ1) is 6.18. The van der Waals surface area contributed by atoms with Crippen LogP contribution in [0.2, 0.25) is 0 Å². The Morgan fingerprint density at radius 2 is 2.08 bits per heavy atom. The van der Waals surface area contributed by atoms with Crippen LogP contribution >= 0.6 is 0 Å². The Kier molecular flexibility index (Phi) is 3.64. The third-order valence-electron chi connectivity index (χ3n) is 1.37. The van der Waals surface area contributed by atoms with Crippen molar-refractivity contribution in [2.24, 2.45) is 10.1 Å². The standard InChI is InChI=1S/C9H12N2OS/c1-13(7-9(10)12)11-8-5-3-2-4-6-8/h2-6H,7H2,1H3,(H2,10,12). The van der Waals surface area contributed by atoms with E-state index in [9.17, 15) is 4.79 Å². The maximum absolute atomic E-state index is 10.6. The second-order valence-electron chi connectivity index (χ2n) is 2.64. The van der Waals surface area contributed by atoms with Crippen molar-refractivity contribution in [3.05, 3.63) is 30.3 Å². The van der Waals surface area contributed by atoms with Crippen molar-refractivity contribution in [3.63, 3.8) is 0 Å². The van der Waals surface area contributed by atoms with Gasteiger partial charge in [-0.05, 0) is 18.4 Å². The minimum absolute atomic E-state index is 0.300. The molecule has 2 N–H and O–H groups in total. The molecule has 3 nitrogen and oxygen atoms in total. The van der Waals surface area contributed by atoms with Crippen LogP contribution in [0.25, 0.3) is 0 Å². The van der Waals surface area contributed by atoms with Crippen LogP contribution in [-0.4, -0.2) is 17.9 Å². The van der Waals surface area contributed by atoms with E-state index in [1.807, 2.05) is 36.6 Å². The molecule has 1 unspecified atom stereocenters. The summed E-state index contributed by atoms with van der Waals surface area (Å²) in [6.07, 6.45) is 1.90. The zero-order valence-corrected chi connectivity index (χ0v) is 8.25. The number of primary amides is 1. The van der Waals surface area contributed by atoms with Gasteiger partial charge >= 0.3 is 0 Å². The number of nitrogens with two attached hydrogens (primary N) is 1. The number of carbonyl (C=O) groups is 1. The highest BCUT2D eigenvalue weighted by molar-refractivity contribution is 7.87. The van der Waals surface area contributed by atoms with Gasteiger partial charge in [-0.2, -0.15) is 0 Å². The molecule has 1 atom stereocenters. The summed E-state index contributed by atoms with van der Waals surface area (Å²) in [6, 6.07) is 9.58. The summed E-state index contributed by atoms with van der Waals surface area (Å²) >= 11 is 0. The first-order valence-corrected chi connectivity index (χ1v) is 5.62. The third-order valence-corrected chi connectivity index (χ3v) is 2.59. The molecule has 1 rings (SSSR count). The molecule has 0 aliphatic rings. The van der Waals surface area contributed by atoms with Crippen molar-refractivity contribution >= 4 is 22.3 Å². The van der Waals surface area contributed by atoms with Gasteiger partial charge in [-0.1, -0.05) is 28.9 Å². The van der Waals surface area contributed by atoms with Crippen LogP contribution in [-0.2, 0) is 15.5 Å². The van der Waals surface area contributed by atoms with Gasteiger partial charge in [0.05, 0.1) is 11.4 Å². The zero-order chi connectivity index (χ0) is 9.68. The van der Waals surface area contributed by atoms with E-state index >= 15 is 0 Å². The molecule has 1 aromatic carbocycles. The number of hydrogen-bond acceptors (Lipinski definition) is 2. The van der Waals surface area contributed by atoms with Crippen molar-refractivity contribution < 1.29 is 4.79 Å². The van der Waals surface area contributed by atoms with E-state index in [1.165, 1.54) is 0 Å². The Labute approximate surface area is 80.1 Å². The minimum atomic E-state index is -0.301. The predicted molar refractivity (Wildman–Crippen MR) is 55.9 cm³/mol. The maximum Gasteiger partial charge on any atom is 0.228 e. The van der Waals surface area contributed by atoms with E-state index in [-0.39, 0.29) is 16.6 Å². The molecule has 70 valence electrons. The first-order valence-electron chi connectivity index (χ1n) is 3.86. The summed E-state index contributed by atoms with van der Waals surface area (Å²) in [5.74, 6) is 0.0278. The molecule has 1 aromatic rings. The van der Waals surface area contributed by atoms with Crippen LogP contribution in [0, 0.1) is 0 Å². The second kappa shape index (κ2) is 4.77. The van der Waals surface area contributed by atoms with E-state index in [0.29, 0.717) is 5.75 Å². The Bertz CT molecular complexity index is 322. The summed E-state index contributed by atoms with van der Waals surface area (Å²) in [7, 11) is -0.301. The van der Waals surface area contributed by atoms with E-state index in [4.69, 9.17) is 5.73 Å². The number of amides is 1. The Morgan fingerprint density at radius 3 is 2.62 bits per heavy atom. The van der Waals surface area contributed by atoms with Gasteiger partial charge in [0.2, 0.25) is 5.91 Å². The first kappa shape index (κ1) is 9.92. The number of rotatable bonds is 3. The van der Waals surface area contributed by atoms with E-state index in [0.717, 1.165) is 5.69 Å². The molecule has 0 saturated heterocycles. The van der Waals surface area contributed by atoms with Crippen molar-refractivity contribution in [1.29, 1.82) is 0 Å². The molecule has 0 aliphatic heterocycles. The lowest BCUT2D eigenvalue weighted by molar-refractivity contribution is -0.115. The van der Waals surface area contributed by atoms with Crippen LogP contribution in [0.3, 0.4) is 0 Å². The Hall–Kier alpha value is -1.16. The van der Waals surface area contributed by atoms with Crippen LogP contribution in [0.15, 0.2) is 34.7 Å². The lowest BCUT2D eigenvalue weighted by Crippen LogP contribution is -2.18. The fourth-order valence-electron chi connectivity index (χ4n) is 0.907. The lowest BCUT2D eigenvalue weighted by Gasteiger charge is -1.98. The van der Waals surface area contributed by atoms with Crippen LogP contribution in [0.4, 0.5) is 5.69 Å². The molecule has 0 aliphatic carbocycles. The van der Waals surface area contributed by atoms with Gasteiger partial charge in [-0.15, -0.1) is 0 Å². The molecule has 0 saturated carbocycles. The molecule has 1 amide bonds. The summed E-state index contributed by atoms with van der Waals surface area (Å²) < 4.78 is 4.33. The van der Waals surface area contributed by atoms with Gasteiger partial charge < -0.3 is 5.73 Å². The number of hydrogen-bond donors (Lipinski definition) is 1. The SMILES string of the molecule is CS(CC(N)=O)=Nc1ccccc1. The summed E-state index contributed by atoms with van der Waals surface area (Å²) in [6.45, 7) is 0. The molecular formula is C9H12N2OS. The number of benzene rings is 1. The maximum atomic E-state index is 10.6.